The van der Waals surface area contributed by atoms with Crippen molar-refractivity contribution < 1.29 is 29.4 Å². The Labute approximate surface area is 116 Å². The van der Waals surface area contributed by atoms with Crippen LogP contribution in [-0.2, 0) is 5.41 Å². The first-order chi connectivity index (χ1) is 8.46. The van der Waals surface area contributed by atoms with Gasteiger partial charge in [0.15, 0.2) is 0 Å². The Balaban J connectivity index is 0. The summed E-state index contributed by atoms with van der Waals surface area (Å²) in [6, 6.07) is 8.69. The first kappa shape index (κ1) is 21.1. The van der Waals surface area contributed by atoms with Gasteiger partial charge in [0.2, 0.25) is 0 Å². The number of benzene rings is 1. The summed E-state index contributed by atoms with van der Waals surface area (Å²) >= 11 is 0. The van der Waals surface area contributed by atoms with Gasteiger partial charge >= 0.3 is 17.2 Å². The maximum absolute atomic E-state index is 7.23. The molecular weight excluding hydrogens is 290 g/mol. The van der Waals surface area contributed by atoms with Crippen molar-refractivity contribution in [1.82, 2.24) is 0 Å². The van der Waals surface area contributed by atoms with Crippen molar-refractivity contribution in [1.29, 1.82) is 0 Å². The first-order valence-electron chi connectivity index (χ1n) is 5.27. The minimum absolute atomic E-state index is 0.284. The van der Waals surface area contributed by atoms with Crippen LogP contribution in [0, 0.1) is 6.92 Å². The first-order valence-corrected chi connectivity index (χ1v) is 7.67. The quantitative estimate of drug-likeness (QED) is 0.405. The molecule has 19 heavy (non-hydrogen) atoms. The lowest BCUT2D eigenvalue weighted by Gasteiger charge is -2.19. The Hall–Kier alpha value is -0.160. The molecule has 0 saturated carbocycles. The molecule has 0 saturated heterocycles. The molecule has 0 aromatic heterocycles. The Morgan fingerprint density at radius 1 is 0.842 bits per heavy atom. The average Bonchev–Trinajstić information content (AvgIpc) is 2.14. The average molecular weight is 312 g/mol. The summed E-state index contributed by atoms with van der Waals surface area (Å²) in [5, 5.41) is 0. The van der Waals surface area contributed by atoms with Gasteiger partial charge in [-0.1, -0.05) is 50.6 Å². The molecular formula is C11H22O6P2. The van der Waals surface area contributed by atoms with Gasteiger partial charge in [-0.3, -0.25) is 0 Å². The van der Waals surface area contributed by atoms with Crippen molar-refractivity contribution >= 4 is 17.2 Å². The fourth-order valence-corrected chi connectivity index (χ4v) is 1.11. The van der Waals surface area contributed by atoms with Gasteiger partial charge in [0.05, 0.1) is 0 Å². The predicted molar refractivity (Wildman–Crippen MR) is 77.0 cm³/mol. The topological polar surface area (TPSA) is 121 Å². The summed E-state index contributed by atoms with van der Waals surface area (Å²) in [7, 11) is -5.24. The second kappa shape index (κ2) is 10.6. The third-order valence-corrected chi connectivity index (χ3v) is 1.88. The van der Waals surface area contributed by atoms with Gasteiger partial charge in [-0.05, 0) is 17.9 Å². The van der Waals surface area contributed by atoms with Crippen LogP contribution in [-0.4, -0.2) is 29.4 Å². The van der Waals surface area contributed by atoms with E-state index in [0.717, 1.165) is 0 Å². The number of hydrogen-bond acceptors (Lipinski definition) is 6. The Bertz CT molecular complexity index is 327. The third-order valence-electron chi connectivity index (χ3n) is 1.88. The highest BCUT2D eigenvalue weighted by Crippen LogP contribution is 2.22. The summed E-state index contributed by atoms with van der Waals surface area (Å²) < 4.78 is 0. The predicted octanol–water partition coefficient (Wildman–Crippen LogP) is 1.67. The Kier molecular flexibility index (Phi) is 11.8. The monoisotopic (exact) mass is 312 g/mol. The summed E-state index contributed by atoms with van der Waals surface area (Å²) in [6.45, 7) is 8.85. The van der Waals surface area contributed by atoms with E-state index >= 15 is 0 Å². The van der Waals surface area contributed by atoms with Crippen LogP contribution in [0.4, 0.5) is 0 Å². The largest absolute Gasteiger partial charge is 0.328 e. The molecule has 1 aromatic carbocycles. The minimum atomic E-state index is -2.62. The van der Waals surface area contributed by atoms with Crippen molar-refractivity contribution in [3.05, 3.63) is 35.4 Å². The van der Waals surface area contributed by atoms with E-state index in [2.05, 4.69) is 52.0 Å². The number of aryl methyl sites for hydroxylation is 1. The van der Waals surface area contributed by atoms with E-state index in [4.69, 9.17) is 29.4 Å². The van der Waals surface area contributed by atoms with Crippen LogP contribution in [0.5, 0.6) is 0 Å². The molecule has 6 N–H and O–H groups in total. The van der Waals surface area contributed by atoms with E-state index in [1.165, 1.54) is 11.1 Å². The summed E-state index contributed by atoms with van der Waals surface area (Å²) in [6.07, 6.45) is 0. The van der Waals surface area contributed by atoms with E-state index in [1.54, 1.807) is 0 Å². The Morgan fingerprint density at radius 3 is 1.42 bits per heavy atom. The lowest BCUT2D eigenvalue weighted by atomic mass is 9.86. The van der Waals surface area contributed by atoms with Gasteiger partial charge in [-0.25, -0.2) is 0 Å². The van der Waals surface area contributed by atoms with Crippen molar-refractivity contribution in [3.63, 3.8) is 0 Å². The Morgan fingerprint density at radius 2 is 1.21 bits per heavy atom. The molecule has 0 unspecified atom stereocenters. The van der Waals surface area contributed by atoms with Gasteiger partial charge in [-0.2, -0.15) is 0 Å². The second-order valence-corrected chi connectivity index (χ2v) is 5.73. The molecule has 1 rings (SSSR count). The number of hydrogen-bond donors (Lipinski definition) is 6. The van der Waals surface area contributed by atoms with E-state index in [9.17, 15) is 0 Å². The van der Waals surface area contributed by atoms with Gasteiger partial charge in [0.1, 0.15) is 0 Å². The molecule has 112 valence electrons. The molecule has 6 nitrogen and oxygen atoms in total. The third kappa shape index (κ3) is 17.8. The van der Waals surface area contributed by atoms with Crippen molar-refractivity contribution in [2.75, 3.05) is 0 Å². The lowest BCUT2D eigenvalue weighted by molar-refractivity contribution is 0.366. The van der Waals surface area contributed by atoms with E-state index < -0.39 is 17.2 Å². The van der Waals surface area contributed by atoms with Gasteiger partial charge in [0.25, 0.3) is 0 Å². The van der Waals surface area contributed by atoms with Gasteiger partial charge < -0.3 is 29.4 Å². The molecule has 0 aliphatic heterocycles. The fraction of sp³-hybridized carbons (Fsp3) is 0.455. The van der Waals surface area contributed by atoms with Crippen molar-refractivity contribution in [2.24, 2.45) is 0 Å². The second-order valence-electron chi connectivity index (χ2n) is 4.66. The van der Waals surface area contributed by atoms with E-state index in [1.807, 2.05) is 0 Å². The van der Waals surface area contributed by atoms with Crippen LogP contribution < -0.4 is 0 Å². The van der Waals surface area contributed by atoms with E-state index in [-0.39, 0.29) is 5.41 Å². The SMILES string of the molecule is Cc1cccc(C(C)(C)C)c1.OP(O)O.OP(O)O. The van der Waals surface area contributed by atoms with Crippen LogP contribution in [0.1, 0.15) is 31.9 Å². The molecule has 1 aromatic rings. The molecule has 0 spiro atoms. The molecule has 0 radical (unpaired) electrons. The van der Waals surface area contributed by atoms with E-state index in [0.29, 0.717) is 0 Å². The zero-order valence-electron chi connectivity index (χ0n) is 11.4. The molecule has 0 fully saturated rings. The maximum atomic E-state index is 7.23. The van der Waals surface area contributed by atoms with Crippen LogP contribution >= 0.6 is 17.2 Å². The standard InChI is InChI=1S/C11H16.2H3O3P/c1-9-6-5-7-10(8-9)11(2,3)4;2*1-4(2)3/h5-8H,1-4H3;2*1-3H. The van der Waals surface area contributed by atoms with Crippen molar-refractivity contribution in [2.45, 2.75) is 33.1 Å². The zero-order chi connectivity index (χ0) is 15.6. The molecule has 0 bridgehead atoms. The lowest BCUT2D eigenvalue weighted by Crippen LogP contribution is -2.10. The molecule has 0 atom stereocenters. The number of rotatable bonds is 0. The smallest absolute Gasteiger partial charge is 0.324 e. The normalized spacial score (nSPS) is 10.5. The van der Waals surface area contributed by atoms with Crippen molar-refractivity contribution in [3.8, 4) is 0 Å². The molecule has 0 amide bonds. The van der Waals surface area contributed by atoms with Crippen LogP contribution in [0.15, 0.2) is 24.3 Å². The van der Waals surface area contributed by atoms with Crippen LogP contribution in [0.2, 0.25) is 0 Å². The van der Waals surface area contributed by atoms with Gasteiger partial charge in [-0.15, -0.1) is 0 Å². The zero-order valence-corrected chi connectivity index (χ0v) is 13.2. The molecule has 0 heterocycles. The maximum Gasteiger partial charge on any atom is 0.324 e. The highest BCUT2D eigenvalue weighted by atomic mass is 31.2. The summed E-state index contributed by atoms with van der Waals surface area (Å²) in [5.41, 5.74) is 3.04. The summed E-state index contributed by atoms with van der Waals surface area (Å²) in [4.78, 5) is 43.4. The highest BCUT2D eigenvalue weighted by Gasteiger charge is 2.12. The molecule has 8 heteroatoms. The summed E-state index contributed by atoms with van der Waals surface area (Å²) in [5.74, 6) is 0. The molecule has 0 aliphatic rings. The fourth-order valence-electron chi connectivity index (χ4n) is 1.11. The highest BCUT2D eigenvalue weighted by molar-refractivity contribution is 7.38. The van der Waals surface area contributed by atoms with Crippen LogP contribution in [0.3, 0.4) is 0 Å². The van der Waals surface area contributed by atoms with Gasteiger partial charge in [0, 0.05) is 0 Å². The van der Waals surface area contributed by atoms with Crippen LogP contribution in [0.25, 0.3) is 0 Å². The minimum Gasteiger partial charge on any atom is -0.328 e. The molecule has 0 aliphatic carbocycles.